The molecule has 2 N–H and O–H groups in total. The van der Waals surface area contributed by atoms with Crippen molar-refractivity contribution in [3.8, 4) is 0 Å². The second-order valence-electron chi connectivity index (χ2n) is 6.02. The minimum Gasteiger partial charge on any atom is -0.466 e. The Morgan fingerprint density at radius 2 is 1.84 bits per heavy atom. The standard InChI is InChI=1S/C18H25N3O4/c1-2-25-17(23)15-8-10-21(11-9-15)13-16(22)20-18(24)19-12-14-6-4-3-5-7-14/h3-7,15H,2,8-13H2,1H3,(H2,19,20,22,24). The van der Waals surface area contributed by atoms with Gasteiger partial charge in [0, 0.05) is 6.54 Å². The van der Waals surface area contributed by atoms with E-state index in [1.54, 1.807) is 6.92 Å². The van der Waals surface area contributed by atoms with Crippen molar-refractivity contribution < 1.29 is 19.1 Å². The van der Waals surface area contributed by atoms with E-state index in [2.05, 4.69) is 10.6 Å². The number of amides is 3. The van der Waals surface area contributed by atoms with Gasteiger partial charge in [0.2, 0.25) is 5.91 Å². The Morgan fingerprint density at radius 3 is 2.48 bits per heavy atom. The SMILES string of the molecule is CCOC(=O)C1CCN(CC(=O)NC(=O)NCc2ccccc2)CC1. The Bertz CT molecular complexity index is 583. The number of carbonyl (C=O) groups excluding carboxylic acids is 3. The van der Waals surface area contributed by atoms with Gasteiger partial charge in [-0.25, -0.2) is 4.79 Å². The average Bonchev–Trinajstić information content (AvgIpc) is 2.61. The molecule has 0 saturated carbocycles. The van der Waals surface area contributed by atoms with Gasteiger partial charge in [-0.2, -0.15) is 0 Å². The first kappa shape index (κ1) is 18.9. The molecule has 1 aliphatic heterocycles. The van der Waals surface area contributed by atoms with Crippen LogP contribution in [0.5, 0.6) is 0 Å². The van der Waals surface area contributed by atoms with Gasteiger partial charge >= 0.3 is 12.0 Å². The van der Waals surface area contributed by atoms with Crippen LogP contribution in [0.3, 0.4) is 0 Å². The molecule has 1 aliphatic rings. The van der Waals surface area contributed by atoms with Crippen molar-refractivity contribution in [3.05, 3.63) is 35.9 Å². The summed E-state index contributed by atoms with van der Waals surface area (Å²) < 4.78 is 5.02. The van der Waals surface area contributed by atoms with Gasteiger partial charge in [0.25, 0.3) is 0 Å². The lowest BCUT2D eigenvalue weighted by atomic mass is 9.97. The number of hydrogen-bond donors (Lipinski definition) is 2. The molecule has 7 heteroatoms. The summed E-state index contributed by atoms with van der Waals surface area (Å²) in [6, 6.07) is 8.97. The third kappa shape index (κ3) is 6.54. The number of esters is 1. The molecule has 7 nitrogen and oxygen atoms in total. The first-order valence-corrected chi connectivity index (χ1v) is 8.59. The maximum absolute atomic E-state index is 11.9. The van der Waals surface area contributed by atoms with Crippen LogP contribution in [0.25, 0.3) is 0 Å². The Kier molecular flexibility index (Phi) is 7.40. The van der Waals surface area contributed by atoms with Crippen LogP contribution in [-0.4, -0.2) is 49.0 Å². The lowest BCUT2D eigenvalue weighted by Crippen LogP contribution is -2.46. The Morgan fingerprint density at radius 1 is 1.16 bits per heavy atom. The van der Waals surface area contributed by atoms with Crippen molar-refractivity contribution in [2.24, 2.45) is 5.92 Å². The zero-order valence-corrected chi connectivity index (χ0v) is 14.5. The zero-order chi connectivity index (χ0) is 18.1. The molecule has 0 spiro atoms. The summed E-state index contributed by atoms with van der Waals surface area (Å²) in [5.41, 5.74) is 0.964. The van der Waals surface area contributed by atoms with Gasteiger partial charge in [-0.1, -0.05) is 30.3 Å². The fourth-order valence-corrected chi connectivity index (χ4v) is 2.78. The summed E-state index contributed by atoms with van der Waals surface area (Å²) in [5, 5.41) is 4.98. The number of urea groups is 1. The topological polar surface area (TPSA) is 87.7 Å². The monoisotopic (exact) mass is 347 g/mol. The first-order valence-electron chi connectivity index (χ1n) is 8.59. The molecule has 0 bridgehead atoms. The molecule has 0 atom stereocenters. The largest absolute Gasteiger partial charge is 0.466 e. The van der Waals surface area contributed by atoms with E-state index in [1.165, 1.54) is 0 Å². The molecule has 0 aromatic heterocycles. The fourth-order valence-electron chi connectivity index (χ4n) is 2.78. The number of nitrogens with one attached hydrogen (secondary N) is 2. The number of ether oxygens (including phenoxy) is 1. The molecule has 1 heterocycles. The summed E-state index contributed by atoms with van der Waals surface area (Å²) >= 11 is 0. The third-order valence-corrected chi connectivity index (χ3v) is 4.12. The van der Waals surface area contributed by atoms with Crippen molar-refractivity contribution in [1.82, 2.24) is 15.5 Å². The van der Waals surface area contributed by atoms with Gasteiger partial charge in [0.1, 0.15) is 0 Å². The molecule has 0 aliphatic carbocycles. The molecule has 1 aromatic rings. The number of imide groups is 1. The molecule has 0 radical (unpaired) electrons. The molecule has 2 rings (SSSR count). The van der Waals surface area contributed by atoms with E-state index in [4.69, 9.17) is 4.74 Å². The molecule has 25 heavy (non-hydrogen) atoms. The Hall–Kier alpha value is -2.41. The number of benzene rings is 1. The molecule has 3 amide bonds. The minimum atomic E-state index is -0.504. The van der Waals surface area contributed by atoms with Crippen LogP contribution in [-0.2, 0) is 20.9 Å². The highest BCUT2D eigenvalue weighted by Gasteiger charge is 2.26. The highest BCUT2D eigenvalue weighted by Crippen LogP contribution is 2.18. The number of nitrogens with zero attached hydrogens (tertiary/aromatic N) is 1. The highest BCUT2D eigenvalue weighted by molar-refractivity contribution is 5.95. The summed E-state index contributed by atoms with van der Waals surface area (Å²) in [7, 11) is 0. The Balaban J connectivity index is 1.65. The van der Waals surface area contributed by atoms with Crippen LogP contribution < -0.4 is 10.6 Å². The van der Waals surface area contributed by atoms with Crippen LogP contribution in [0, 0.1) is 5.92 Å². The molecule has 1 saturated heterocycles. The third-order valence-electron chi connectivity index (χ3n) is 4.12. The molecular weight excluding hydrogens is 322 g/mol. The second-order valence-corrected chi connectivity index (χ2v) is 6.02. The van der Waals surface area contributed by atoms with Gasteiger partial charge in [-0.3, -0.25) is 19.8 Å². The van der Waals surface area contributed by atoms with Crippen molar-refractivity contribution in [2.45, 2.75) is 26.3 Å². The van der Waals surface area contributed by atoms with Gasteiger partial charge in [-0.05, 0) is 38.4 Å². The number of carbonyl (C=O) groups is 3. The predicted octanol–water partition coefficient (Wildman–Crippen LogP) is 1.29. The van der Waals surface area contributed by atoms with Crippen LogP contribution in [0.1, 0.15) is 25.3 Å². The highest BCUT2D eigenvalue weighted by atomic mass is 16.5. The predicted molar refractivity (Wildman–Crippen MR) is 92.6 cm³/mol. The summed E-state index contributed by atoms with van der Waals surface area (Å²) in [4.78, 5) is 37.3. The summed E-state index contributed by atoms with van der Waals surface area (Å²) in [5.74, 6) is -0.597. The fraction of sp³-hybridized carbons (Fsp3) is 0.500. The molecule has 1 fully saturated rings. The van der Waals surface area contributed by atoms with Crippen LogP contribution >= 0.6 is 0 Å². The lowest BCUT2D eigenvalue weighted by Gasteiger charge is -2.30. The number of rotatable bonds is 6. The van der Waals surface area contributed by atoms with Crippen molar-refractivity contribution in [1.29, 1.82) is 0 Å². The number of likely N-dealkylation sites (tertiary alicyclic amines) is 1. The molecule has 0 unspecified atom stereocenters. The van der Waals surface area contributed by atoms with Gasteiger partial charge in [0.15, 0.2) is 0 Å². The van der Waals surface area contributed by atoms with E-state index in [0.717, 1.165) is 5.56 Å². The van der Waals surface area contributed by atoms with E-state index in [0.29, 0.717) is 39.1 Å². The maximum Gasteiger partial charge on any atom is 0.321 e. The molecule has 1 aromatic carbocycles. The van der Waals surface area contributed by atoms with E-state index < -0.39 is 6.03 Å². The van der Waals surface area contributed by atoms with Crippen molar-refractivity contribution in [2.75, 3.05) is 26.2 Å². The van der Waals surface area contributed by atoms with E-state index in [-0.39, 0.29) is 24.3 Å². The number of hydrogen-bond acceptors (Lipinski definition) is 5. The minimum absolute atomic E-state index is 0.0894. The number of piperidine rings is 1. The van der Waals surface area contributed by atoms with Crippen LogP contribution in [0.4, 0.5) is 4.79 Å². The lowest BCUT2D eigenvalue weighted by molar-refractivity contribution is -0.149. The second kappa shape index (κ2) is 9.78. The molecule has 136 valence electrons. The molecular formula is C18H25N3O4. The van der Waals surface area contributed by atoms with Crippen molar-refractivity contribution >= 4 is 17.9 Å². The first-order chi connectivity index (χ1) is 12.1. The van der Waals surface area contributed by atoms with Crippen LogP contribution in [0.15, 0.2) is 30.3 Å². The summed E-state index contributed by atoms with van der Waals surface area (Å²) in [6.45, 7) is 3.98. The van der Waals surface area contributed by atoms with Gasteiger partial charge < -0.3 is 10.1 Å². The van der Waals surface area contributed by atoms with Gasteiger partial charge in [-0.15, -0.1) is 0 Å². The Labute approximate surface area is 147 Å². The van der Waals surface area contributed by atoms with Gasteiger partial charge in [0.05, 0.1) is 19.1 Å². The van der Waals surface area contributed by atoms with Crippen molar-refractivity contribution in [3.63, 3.8) is 0 Å². The van der Waals surface area contributed by atoms with E-state index >= 15 is 0 Å². The smallest absolute Gasteiger partial charge is 0.321 e. The average molecular weight is 347 g/mol. The van der Waals surface area contributed by atoms with Crippen LogP contribution in [0.2, 0.25) is 0 Å². The quantitative estimate of drug-likeness (QED) is 0.757. The van der Waals surface area contributed by atoms with E-state index in [1.807, 2.05) is 35.2 Å². The van der Waals surface area contributed by atoms with E-state index in [9.17, 15) is 14.4 Å². The zero-order valence-electron chi connectivity index (χ0n) is 14.5. The normalized spacial score (nSPS) is 15.4. The summed E-state index contributed by atoms with van der Waals surface area (Å²) in [6.07, 6.45) is 1.35. The maximum atomic E-state index is 11.9.